The Balaban J connectivity index is 1.91. The number of ether oxygens (including phenoxy) is 2. The summed E-state index contributed by atoms with van der Waals surface area (Å²) in [6.45, 7) is 2.79. The normalized spacial score (nSPS) is 10.8. The van der Waals surface area contributed by atoms with E-state index in [2.05, 4.69) is 16.9 Å². The predicted molar refractivity (Wildman–Crippen MR) is 124 cm³/mol. The minimum Gasteiger partial charge on any atom is -0.493 e. The van der Waals surface area contributed by atoms with Gasteiger partial charge in [0.25, 0.3) is 0 Å². The number of nitrogens with two attached hydrogens (primary N) is 2. The van der Waals surface area contributed by atoms with Gasteiger partial charge in [0.05, 0.1) is 26.0 Å². The van der Waals surface area contributed by atoms with Gasteiger partial charge >= 0.3 is 0 Å². The van der Waals surface area contributed by atoms with Crippen LogP contribution in [0.2, 0.25) is 0 Å². The first kappa shape index (κ1) is 22.6. The third-order valence-corrected chi connectivity index (χ3v) is 5.70. The third-order valence-electron chi connectivity index (χ3n) is 4.50. The van der Waals surface area contributed by atoms with E-state index >= 15 is 0 Å². The first-order valence-electron chi connectivity index (χ1n) is 9.97. The predicted octanol–water partition coefficient (Wildman–Crippen LogP) is 2.73. The van der Waals surface area contributed by atoms with Crippen molar-refractivity contribution < 1.29 is 14.6 Å². The van der Waals surface area contributed by atoms with Crippen molar-refractivity contribution in [3.63, 3.8) is 0 Å². The number of nitrogen functional groups attached to an aromatic ring is 2. The Bertz CT molecular complexity index is 1010. The molecule has 0 saturated carbocycles. The second-order valence-electron chi connectivity index (χ2n) is 6.95. The monoisotopic (exact) mass is 444 g/mol. The Morgan fingerprint density at radius 3 is 2.48 bits per heavy atom. The highest BCUT2D eigenvalue weighted by molar-refractivity contribution is 7.15. The van der Waals surface area contributed by atoms with Crippen LogP contribution in [0.15, 0.2) is 24.3 Å². The van der Waals surface area contributed by atoms with Crippen molar-refractivity contribution in [3.8, 4) is 22.1 Å². The number of aromatic nitrogens is 3. The summed E-state index contributed by atoms with van der Waals surface area (Å²) in [6, 6.07) is 7.21. The molecule has 166 valence electrons. The minimum atomic E-state index is -0.0711. The molecule has 0 bridgehead atoms. The first-order valence-corrected chi connectivity index (χ1v) is 10.8. The summed E-state index contributed by atoms with van der Waals surface area (Å²) in [4.78, 5) is 16.5. The van der Waals surface area contributed by atoms with Gasteiger partial charge in [0, 0.05) is 23.6 Å². The van der Waals surface area contributed by atoms with Gasteiger partial charge in [0.2, 0.25) is 5.95 Å². The lowest BCUT2D eigenvalue weighted by Crippen LogP contribution is -2.21. The van der Waals surface area contributed by atoms with Crippen LogP contribution in [0.25, 0.3) is 10.6 Å². The van der Waals surface area contributed by atoms with Gasteiger partial charge < -0.3 is 30.9 Å². The number of thiazole rings is 1. The van der Waals surface area contributed by atoms with Crippen LogP contribution in [0.4, 0.5) is 17.6 Å². The van der Waals surface area contributed by atoms with Gasteiger partial charge in [-0.1, -0.05) is 13.3 Å². The molecule has 5 N–H and O–H groups in total. The lowest BCUT2D eigenvalue weighted by Gasteiger charge is -2.17. The van der Waals surface area contributed by atoms with Crippen LogP contribution in [-0.4, -0.2) is 47.4 Å². The summed E-state index contributed by atoms with van der Waals surface area (Å²) in [5.74, 6) is 2.30. The Morgan fingerprint density at radius 2 is 1.84 bits per heavy atom. The van der Waals surface area contributed by atoms with Crippen molar-refractivity contribution >= 4 is 28.9 Å². The lowest BCUT2D eigenvalue weighted by atomic mass is 10.2. The summed E-state index contributed by atoms with van der Waals surface area (Å²) >= 11 is 1.65. The van der Waals surface area contributed by atoms with Gasteiger partial charge in [0.1, 0.15) is 23.3 Å². The summed E-state index contributed by atoms with van der Waals surface area (Å²) in [5.41, 5.74) is 13.5. The molecule has 3 aromatic rings. The molecule has 0 aliphatic heterocycles. The maximum atomic E-state index is 9.08. The first-order chi connectivity index (χ1) is 14.9. The number of hydrogen-bond acceptors (Lipinski definition) is 10. The summed E-state index contributed by atoms with van der Waals surface area (Å²) in [5, 5.41) is 9.97. The number of rotatable bonds is 10. The Hall–Kier alpha value is -3.11. The Morgan fingerprint density at radius 1 is 1.10 bits per heavy atom. The number of hydrogen-bond donors (Lipinski definition) is 3. The molecule has 0 atom stereocenters. The van der Waals surface area contributed by atoms with Gasteiger partial charge in [-0.15, -0.1) is 11.3 Å². The van der Waals surface area contributed by atoms with Crippen molar-refractivity contribution in [1.82, 2.24) is 15.0 Å². The molecule has 2 heterocycles. The maximum Gasteiger partial charge on any atom is 0.229 e. The van der Waals surface area contributed by atoms with E-state index in [1.165, 1.54) is 10.9 Å². The molecule has 9 nitrogen and oxygen atoms in total. The van der Waals surface area contributed by atoms with Crippen molar-refractivity contribution in [2.75, 3.05) is 43.7 Å². The highest BCUT2D eigenvalue weighted by Crippen LogP contribution is 2.36. The largest absolute Gasteiger partial charge is 0.493 e. The average molecular weight is 445 g/mol. The van der Waals surface area contributed by atoms with Gasteiger partial charge in [0.15, 0.2) is 11.5 Å². The van der Waals surface area contributed by atoms with Crippen LogP contribution in [0, 0.1) is 0 Å². The zero-order valence-electron chi connectivity index (χ0n) is 18.0. The number of methoxy groups -OCH3 is 1. The highest BCUT2D eigenvalue weighted by atomic mass is 32.1. The Kier molecular flexibility index (Phi) is 7.48. The van der Waals surface area contributed by atoms with E-state index in [9.17, 15) is 0 Å². The lowest BCUT2D eigenvalue weighted by molar-refractivity contribution is 0.196. The van der Waals surface area contributed by atoms with E-state index < -0.39 is 0 Å². The molecule has 0 saturated heterocycles. The molecular weight excluding hydrogens is 416 g/mol. The molecule has 1 aromatic carbocycles. The number of aliphatic hydroxyl groups excluding tert-OH is 1. The quantitative estimate of drug-likeness (QED) is 0.431. The van der Waals surface area contributed by atoms with Crippen LogP contribution < -0.4 is 25.8 Å². The average Bonchev–Trinajstić information content (AvgIpc) is 3.14. The fraction of sp³-hybridized carbons (Fsp3) is 0.381. The topological polar surface area (TPSA) is 133 Å². The molecule has 0 unspecified atom stereocenters. The molecule has 31 heavy (non-hydrogen) atoms. The fourth-order valence-corrected chi connectivity index (χ4v) is 4.24. The molecule has 10 heteroatoms. The van der Waals surface area contributed by atoms with E-state index in [4.69, 9.17) is 31.0 Å². The van der Waals surface area contributed by atoms with E-state index in [-0.39, 0.29) is 13.2 Å². The fourth-order valence-electron chi connectivity index (χ4n) is 3.07. The second-order valence-corrected chi connectivity index (χ2v) is 8.03. The van der Waals surface area contributed by atoms with Crippen molar-refractivity contribution in [3.05, 3.63) is 34.8 Å². The molecule has 0 spiro atoms. The van der Waals surface area contributed by atoms with E-state index in [1.807, 2.05) is 30.1 Å². The number of nitrogens with zero attached hydrogens (tertiary/aromatic N) is 4. The third kappa shape index (κ3) is 5.53. The minimum absolute atomic E-state index is 0.0711. The SMILES string of the molecule is CCCc1sc(-c2ccc(OC)c(OCCO)c2)nc1CN(C)c1nc(N)cc(N)n1. The number of anilines is 3. The van der Waals surface area contributed by atoms with Crippen molar-refractivity contribution in [1.29, 1.82) is 0 Å². The van der Waals surface area contributed by atoms with Crippen LogP contribution >= 0.6 is 11.3 Å². The van der Waals surface area contributed by atoms with Crippen LogP contribution in [0.5, 0.6) is 11.5 Å². The molecule has 0 aliphatic carbocycles. The van der Waals surface area contributed by atoms with Gasteiger partial charge in [-0.05, 0) is 24.6 Å². The summed E-state index contributed by atoms with van der Waals surface area (Å²) < 4.78 is 11.0. The van der Waals surface area contributed by atoms with Crippen molar-refractivity contribution in [2.24, 2.45) is 0 Å². The number of aliphatic hydroxyl groups is 1. The summed E-state index contributed by atoms with van der Waals surface area (Å²) in [7, 11) is 3.47. The highest BCUT2D eigenvalue weighted by Gasteiger charge is 2.17. The van der Waals surface area contributed by atoms with Crippen LogP contribution in [0.3, 0.4) is 0 Å². The van der Waals surface area contributed by atoms with Gasteiger partial charge in [-0.25, -0.2) is 4.98 Å². The standard InChI is InChI=1S/C21H28N6O3S/c1-4-5-17-14(12-27(2)21-25-18(22)11-19(23)26-21)24-20(31-17)13-6-7-15(29-3)16(10-13)30-9-8-28/h6-7,10-11,28H,4-5,8-9,12H2,1-3H3,(H4,22,23,25,26). The summed E-state index contributed by atoms with van der Waals surface area (Å²) in [6.07, 6.45) is 1.93. The Labute approximate surface area is 185 Å². The molecule has 0 aliphatic rings. The number of benzene rings is 1. The van der Waals surface area contributed by atoms with Gasteiger partial charge in [-0.3, -0.25) is 0 Å². The van der Waals surface area contributed by atoms with Crippen LogP contribution in [0.1, 0.15) is 23.9 Å². The molecule has 2 aromatic heterocycles. The van der Waals surface area contributed by atoms with E-state index in [0.29, 0.717) is 35.6 Å². The second kappa shape index (κ2) is 10.3. The molecular formula is C21H28N6O3S. The van der Waals surface area contributed by atoms with E-state index in [1.54, 1.807) is 18.4 Å². The zero-order chi connectivity index (χ0) is 22.4. The maximum absolute atomic E-state index is 9.08. The molecule has 0 amide bonds. The smallest absolute Gasteiger partial charge is 0.229 e. The van der Waals surface area contributed by atoms with Crippen LogP contribution in [-0.2, 0) is 13.0 Å². The van der Waals surface area contributed by atoms with Gasteiger partial charge in [-0.2, -0.15) is 9.97 Å². The van der Waals surface area contributed by atoms with Crippen molar-refractivity contribution in [2.45, 2.75) is 26.3 Å². The zero-order valence-corrected chi connectivity index (χ0v) is 18.8. The molecule has 0 radical (unpaired) electrons. The number of aryl methyl sites for hydroxylation is 1. The molecule has 3 rings (SSSR count). The van der Waals surface area contributed by atoms with E-state index in [0.717, 1.165) is 29.1 Å². The molecule has 0 fully saturated rings.